The maximum absolute atomic E-state index is 12.8. The Morgan fingerprint density at radius 3 is 2.62 bits per heavy atom. The summed E-state index contributed by atoms with van der Waals surface area (Å²) in [5, 5.41) is 12.7. The number of carboxylic acid groups (broad SMARTS) is 1. The van der Waals surface area contributed by atoms with E-state index in [1.807, 2.05) is 0 Å². The fourth-order valence-corrected chi connectivity index (χ4v) is 4.10. The highest BCUT2D eigenvalue weighted by atomic mass is 35.5. The number of carboxylic acids is 1. The predicted octanol–water partition coefficient (Wildman–Crippen LogP) is 2.97. The van der Waals surface area contributed by atoms with E-state index in [1.165, 1.54) is 11.0 Å². The summed E-state index contributed by atoms with van der Waals surface area (Å²) in [7, 11) is 0. The number of rotatable bonds is 4. The second-order valence-corrected chi connectivity index (χ2v) is 7.68. The minimum absolute atomic E-state index is 0.157. The van der Waals surface area contributed by atoms with E-state index in [2.05, 4.69) is 5.32 Å². The van der Waals surface area contributed by atoms with Crippen LogP contribution in [-0.2, 0) is 9.59 Å². The molecular weight excluding hydrogens is 379 g/mol. The van der Waals surface area contributed by atoms with E-state index in [0.717, 1.165) is 6.42 Å². The molecule has 2 amide bonds. The van der Waals surface area contributed by atoms with Crippen molar-refractivity contribution in [3.8, 4) is 0 Å². The van der Waals surface area contributed by atoms with Crippen LogP contribution >= 0.6 is 23.2 Å². The molecular formula is C18H20Cl2N2O4. The van der Waals surface area contributed by atoms with Gasteiger partial charge in [-0.3, -0.25) is 14.4 Å². The lowest BCUT2D eigenvalue weighted by molar-refractivity contribution is -0.141. The molecule has 0 aromatic heterocycles. The van der Waals surface area contributed by atoms with Crippen LogP contribution in [-0.4, -0.2) is 46.4 Å². The monoisotopic (exact) mass is 398 g/mol. The average molecular weight is 399 g/mol. The Kier molecular flexibility index (Phi) is 5.73. The molecule has 0 bridgehead atoms. The molecule has 1 heterocycles. The number of likely N-dealkylation sites (tertiary alicyclic amines) is 1. The molecule has 1 aliphatic carbocycles. The Hall–Kier alpha value is -1.79. The summed E-state index contributed by atoms with van der Waals surface area (Å²) >= 11 is 12.1. The summed E-state index contributed by atoms with van der Waals surface area (Å²) in [4.78, 5) is 38.1. The first-order valence-electron chi connectivity index (χ1n) is 8.66. The number of benzene rings is 1. The summed E-state index contributed by atoms with van der Waals surface area (Å²) in [5.74, 6) is -1.78. The summed E-state index contributed by atoms with van der Waals surface area (Å²) in [6.45, 7) is 0.474. The van der Waals surface area contributed by atoms with E-state index in [1.54, 1.807) is 12.1 Å². The van der Waals surface area contributed by atoms with Crippen molar-refractivity contribution >= 4 is 41.0 Å². The van der Waals surface area contributed by atoms with Crippen LogP contribution in [0.15, 0.2) is 18.2 Å². The van der Waals surface area contributed by atoms with Gasteiger partial charge >= 0.3 is 5.97 Å². The van der Waals surface area contributed by atoms with Crippen molar-refractivity contribution in [3.63, 3.8) is 0 Å². The standard InChI is InChI=1S/C18H20Cl2N2O4/c19-11-4-6-14(20)13(9-11)17(24)22-7-1-2-15(22)16(23)21-12-5-3-10(8-12)18(25)26/h4,6,9-10,12,15H,1-3,5,7-8H2,(H,21,23)(H,25,26)/t10-,12+,15?/m1/s1. The average Bonchev–Trinajstić information content (AvgIpc) is 3.25. The topological polar surface area (TPSA) is 86.7 Å². The Bertz CT molecular complexity index is 740. The summed E-state index contributed by atoms with van der Waals surface area (Å²) in [6.07, 6.45) is 2.94. The number of nitrogens with zero attached hydrogens (tertiary/aromatic N) is 1. The van der Waals surface area contributed by atoms with E-state index >= 15 is 0 Å². The Morgan fingerprint density at radius 1 is 1.15 bits per heavy atom. The lowest BCUT2D eigenvalue weighted by Crippen LogP contribution is -2.48. The summed E-state index contributed by atoms with van der Waals surface area (Å²) in [6, 6.07) is 3.95. The normalized spacial score (nSPS) is 25.3. The van der Waals surface area contributed by atoms with Crippen LogP contribution in [0, 0.1) is 5.92 Å². The van der Waals surface area contributed by atoms with E-state index in [-0.39, 0.29) is 23.4 Å². The molecule has 1 unspecified atom stereocenters. The molecule has 6 nitrogen and oxygen atoms in total. The molecule has 1 aliphatic heterocycles. The van der Waals surface area contributed by atoms with Gasteiger partial charge in [-0.15, -0.1) is 0 Å². The van der Waals surface area contributed by atoms with Gasteiger partial charge in [0.1, 0.15) is 6.04 Å². The number of hydrogen-bond acceptors (Lipinski definition) is 3. The zero-order valence-corrected chi connectivity index (χ0v) is 15.6. The van der Waals surface area contributed by atoms with Gasteiger partial charge in [-0.1, -0.05) is 23.2 Å². The molecule has 2 N–H and O–H groups in total. The molecule has 0 spiro atoms. The van der Waals surface area contributed by atoms with Crippen LogP contribution in [0.3, 0.4) is 0 Å². The number of hydrogen-bond donors (Lipinski definition) is 2. The maximum atomic E-state index is 12.8. The highest BCUT2D eigenvalue weighted by molar-refractivity contribution is 6.35. The van der Waals surface area contributed by atoms with Crippen LogP contribution < -0.4 is 5.32 Å². The lowest BCUT2D eigenvalue weighted by atomic mass is 10.1. The summed E-state index contributed by atoms with van der Waals surface area (Å²) < 4.78 is 0. The lowest BCUT2D eigenvalue weighted by Gasteiger charge is -2.26. The van der Waals surface area contributed by atoms with Crippen molar-refractivity contribution in [1.82, 2.24) is 10.2 Å². The van der Waals surface area contributed by atoms with Crippen LogP contribution in [0.25, 0.3) is 0 Å². The molecule has 1 aromatic rings. The molecule has 8 heteroatoms. The van der Waals surface area contributed by atoms with Gasteiger partial charge in [0.05, 0.1) is 16.5 Å². The van der Waals surface area contributed by atoms with Gasteiger partial charge in [0.25, 0.3) is 5.91 Å². The number of halogens is 2. The molecule has 3 rings (SSSR count). The maximum Gasteiger partial charge on any atom is 0.306 e. The SMILES string of the molecule is O=C(N[C@H]1CC[C@@H](C(=O)O)C1)C1CCCN1C(=O)c1cc(Cl)ccc1Cl. The van der Waals surface area contributed by atoms with E-state index in [0.29, 0.717) is 42.3 Å². The van der Waals surface area contributed by atoms with Gasteiger partial charge < -0.3 is 15.3 Å². The van der Waals surface area contributed by atoms with Gasteiger partial charge in [0, 0.05) is 17.6 Å². The van der Waals surface area contributed by atoms with Crippen molar-refractivity contribution in [1.29, 1.82) is 0 Å². The smallest absolute Gasteiger partial charge is 0.306 e. The van der Waals surface area contributed by atoms with E-state index in [4.69, 9.17) is 28.3 Å². The van der Waals surface area contributed by atoms with Crippen molar-refractivity contribution in [3.05, 3.63) is 33.8 Å². The summed E-state index contributed by atoms with van der Waals surface area (Å²) in [5.41, 5.74) is 0.283. The van der Waals surface area contributed by atoms with Gasteiger partial charge in [-0.05, 0) is 50.3 Å². The minimum Gasteiger partial charge on any atom is -0.481 e. The van der Waals surface area contributed by atoms with Crippen LogP contribution in [0.2, 0.25) is 10.0 Å². The first kappa shape index (κ1) is 19.0. The Labute approximate surface area is 161 Å². The van der Waals surface area contributed by atoms with Crippen LogP contribution in [0.1, 0.15) is 42.5 Å². The third-order valence-electron chi connectivity index (χ3n) is 5.10. The molecule has 26 heavy (non-hydrogen) atoms. The van der Waals surface area contributed by atoms with E-state index < -0.39 is 17.9 Å². The third-order valence-corrected chi connectivity index (χ3v) is 5.67. The number of amides is 2. The van der Waals surface area contributed by atoms with Gasteiger partial charge in [-0.25, -0.2) is 0 Å². The van der Waals surface area contributed by atoms with Crippen LogP contribution in [0.5, 0.6) is 0 Å². The van der Waals surface area contributed by atoms with E-state index in [9.17, 15) is 14.4 Å². The predicted molar refractivity (Wildman–Crippen MR) is 97.4 cm³/mol. The molecule has 2 fully saturated rings. The fourth-order valence-electron chi connectivity index (χ4n) is 3.73. The zero-order valence-electron chi connectivity index (χ0n) is 14.1. The first-order chi connectivity index (χ1) is 12.4. The van der Waals surface area contributed by atoms with Crippen molar-refractivity contribution < 1.29 is 19.5 Å². The van der Waals surface area contributed by atoms with Crippen molar-refractivity contribution in [2.45, 2.75) is 44.2 Å². The number of nitrogens with one attached hydrogen (secondary N) is 1. The molecule has 1 saturated carbocycles. The molecule has 0 radical (unpaired) electrons. The number of aliphatic carboxylic acids is 1. The first-order valence-corrected chi connectivity index (χ1v) is 9.41. The van der Waals surface area contributed by atoms with Crippen molar-refractivity contribution in [2.75, 3.05) is 6.54 Å². The highest BCUT2D eigenvalue weighted by Crippen LogP contribution is 2.28. The molecule has 3 atom stereocenters. The Morgan fingerprint density at radius 2 is 1.92 bits per heavy atom. The zero-order chi connectivity index (χ0) is 18.8. The van der Waals surface area contributed by atoms with Gasteiger partial charge in [0.15, 0.2) is 0 Å². The molecule has 1 saturated heterocycles. The van der Waals surface area contributed by atoms with Gasteiger partial charge in [-0.2, -0.15) is 0 Å². The second kappa shape index (κ2) is 7.84. The number of carbonyl (C=O) groups excluding carboxylic acids is 2. The fraction of sp³-hybridized carbons (Fsp3) is 0.500. The van der Waals surface area contributed by atoms with Gasteiger partial charge in [0.2, 0.25) is 5.91 Å². The molecule has 140 valence electrons. The number of carbonyl (C=O) groups is 3. The highest BCUT2D eigenvalue weighted by Gasteiger charge is 2.37. The minimum atomic E-state index is -0.824. The van der Waals surface area contributed by atoms with Crippen LogP contribution in [0.4, 0.5) is 0 Å². The molecule has 2 aliphatic rings. The Balaban J connectivity index is 1.68. The molecule has 1 aromatic carbocycles. The quantitative estimate of drug-likeness (QED) is 0.815. The van der Waals surface area contributed by atoms with Crippen molar-refractivity contribution in [2.24, 2.45) is 5.92 Å². The third kappa shape index (κ3) is 3.96. The largest absolute Gasteiger partial charge is 0.481 e. The second-order valence-electron chi connectivity index (χ2n) is 6.83.